The van der Waals surface area contributed by atoms with Gasteiger partial charge in [-0.25, -0.2) is 8.42 Å². The van der Waals surface area contributed by atoms with E-state index in [0.717, 1.165) is 16.5 Å². The fraction of sp³-hybridized carbons (Fsp3) is 0.227. The number of benzene rings is 2. The van der Waals surface area contributed by atoms with Crippen molar-refractivity contribution in [3.8, 4) is 0 Å². The fourth-order valence-electron chi connectivity index (χ4n) is 4.03. The van der Waals surface area contributed by atoms with Gasteiger partial charge in [0.2, 0.25) is 10.0 Å². The second kappa shape index (κ2) is 7.09. The lowest BCUT2D eigenvalue weighted by Crippen LogP contribution is -2.40. The molecule has 0 radical (unpaired) electrons. The van der Waals surface area contributed by atoms with E-state index in [0.29, 0.717) is 43.1 Å². The highest BCUT2D eigenvalue weighted by Gasteiger charge is 2.33. The van der Waals surface area contributed by atoms with Crippen molar-refractivity contribution in [1.29, 1.82) is 0 Å². The van der Waals surface area contributed by atoms with Crippen LogP contribution in [-0.2, 0) is 19.6 Å². The minimum atomic E-state index is -3.65. The number of likely N-dealkylation sites (N-methyl/N-ethyl adjacent to an activating group) is 1. The summed E-state index contributed by atoms with van der Waals surface area (Å²) >= 11 is 0. The first-order chi connectivity index (χ1) is 14.5. The summed E-state index contributed by atoms with van der Waals surface area (Å²) < 4.78 is 32.9. The standard InChI is InChI=1S/C22H21N3O4S/c1-24-21-7-6-16(30(27,28)25-8-10-29-11-9-25)13-18(21)19(22(24)26)12-15-14-23-20-5-3-2-4-17(15)20/h2-7,12-14,23H,8-11H2,1H3. The number of nitrogens with one attached hydrogen (secondary N) is 1. The Morgan fingerprint density at radius 3 is 2.67 bits per heavy atom. The van der Waals surface area contributed by atoms with Crippen molar-refractivity contribution in [2.45, 2.75) is 4.90 Å². The predicted octanol–water partition coefficient (Wildman–Crippen LogP) is 2.71. The number of morpholine rings is 1. The second-order valence-electron chi connectivity index (χ2n) is 7.41. The number of anilines is 1. The zero-order chi connectivity index (χ0) is 20.9. The number of carbonyl (C=O) groups excluding carboxylic acids is 1. The van der Waals surface area contributed by atoms with E-state index in [-0.39, 0.29) is 10.8 Å². The molecule has 2 aliphatic rings. The number of amides is 1. The number of aromatic amines is 1. The maximum atomic E-state index is 13.1. The highest BCUT2D eigenvalue weighted by molar-refractivity contribution is 7.89. The topological polar surface area (TPSA) is 82.7 Å². The van der Waals surface area contributed by atoms with Gasteiger partial charge in [-0.05, 0) is 30.3 Å². The van der Waals surface area contributed by atoms with Gasteiger partial charge in [0, 0.05) is 53.9 Å². The Bertz CT molecular complexity index is 1290. The van der Waals surface area contributed by atoms with Crippen LogP contribution in [-0.4, -0.2) is 57.0 Å². The Balaban J connectivity index is 1.61. The quantitative estimate of drug-likeness (QED) is 0.657. The zero-order valence-electron chi connectivity index (χ0n) is 16.5. The van der Waals surface area contributed by atoms with Crippen LogP contribution in [0.3, 0.4) is 0 Å². The molecule has 0 unspecified atom stereocenters. The molecule has 0 aliphatic carbocycles. The number of ether oxygens (including phenoxy) is 1. The van der Waals surface area contributed by atoms with Crippen LogP contribution in [0.25, 0.3) is 22.6 Å². The summed E-state index contributed by atoms with van der Waals surface area (Å²) in [5, 5.41) is 1.01. The molecule has 8 heteroatoms. The van der Waals surface area contributed by atoms with E-state index in [1.54, 1.807) is 30.1 Å². The Morgan fingerprint density at radius 2 is 1.87 bits per heavy atom. The summed E-state index contributed by atoms with van der Waals surface area (Å²) in [7, 11) is -1.95. The Morgan fingerprint density at radius 1 is 1.10 bits per heavy atom. The molecule has 1 amide bonds. The van der Waals surface area contributed by atoms with Crippen molar-refractivity contribution in [3.05, 3.63) is 59.8 Å². The monoisotopic (exact) mass is 423 g/mol. The minimum absolute atomic E-state index is 0.156. The average Bonchev–Trinajstić information content (AvgIpc) is 3.29. The van der Waals surface area contributed by atoms with Crippen molar-refractivity contribution >= 4 is 44.2 Å². The molecule has 154 valence electrons. The molecule has 2 aliphatic heterocycles. The van der Waals surface area contributed by atoms with Crippen LogP contribution in [0.4, 0.5) is 5.69 Å². The van der Waals surface area contributed by atoms with Crippen molar-refractivity contribution < 1.29 is 17.9 Å². The molecule has 3 aromatic rings. The number of para-hydroxylation sites is 1. The predicted molar refractivity (Wildman–Crippen MR) is 116 cm³/mol. The number of hydrogen-bond acceptors (Lipinski definition) is 4. The van der Waals surface area contributed by atoms with E-state index in [2.05, 4.69) is 4.98 Å². The van der Waals surface area contributed by atoms with Crippen molar-refractivity contribution in [2.24, 2.45) is 0 Å². The number of carbonyl (C=O) groups is 1. The van der Waals surface area contributed by atoms with Crippen molar-refractivity contribution in [2.75, 3.05) is 38.3 Å². The third-order valence-corrected chi connectivity index (χ3v) is 7.58. The molecule has 2 aromatic carbocycles. The van der Waals surface area contributed by atoms with Gasteiger partial charge in [0.1, 0.15) is 0 Å². The fourth-order valence-corrected chi connectivity index (χ4v) is 5.47. The molecule has 5 rings (SSSR count). The lowest BCUT2D eigenvalue weighted by Gasteiger charge is -2.26. The average molecular weight is 423 g/mol. The Hall–Kier alpha value is -2.94. The van der Waals surface area contributed by atoms with Crippen LogP contribution in [0.1, 0.15) is 11.1 Å². The minimum Gasteiger partial charge on any atom is -0.379 e. The SMILES string of the molecule is CN1C(=O)C(=Cc2c[nH]c3ccccc23)c2cc(S(=O)(=O)N3CCOCC3)ccc21. The van der Waals surface area contributed by atoms with Gasteiger partial charge in [0.15, 0.2) is 0 Å². The summed E-state index contributed by atoms with van der Waals surface area (Å²) in [6, 6.07) is 12.7. The molecule has 30 heavy (non-hydrogen) atoms. The molecular weight excluding hydrogens is 402 g/mol. The summed E-state index contributed by atoms with van der Waals surface area (Å²) in [6.07, 6.45) is 3.69. The van der Waals surface area contributed by atoms with Gasteiger partial charge >= 0.3 is 0 Å². The summed E-state index contributed by atoms with van der Waals surface area (Å²) in [5.74, 6) is -0.156. The lowest BCUT2D eigenvalue weighted by atomic mass is 10.0. The number of sulfonamides is 1. The summed E-state index contributed by atoms with van der Waals surface area (Å²) in [5.41, 5.74) is 3.68. The number of fused-ring (bicyclic) bond motifs is 2. The largest absolute Gasteiger partial charge is 0.379 e. The molecule has 7 nitrogen and oxygen atoms in total. The molecule has 1 saturated heterocycles. The second-order valence-corrected chi connectivity index (χ2v) is 9.35. The normalized spacial score (nSPS) is 19.0. The van der Waals surface area contributed by atoms with E-state index in [4.69, 9.17) is 4.74 Å². The highest BCUT2D eigenvalue weighted by Crippen LogP contribution is 2.39. The third kappa shape index (κ3) is 2.96. The third-order valence-electron chi connectivity index (χ3n) is 5.68. The number of rotatable bonds is 3. The van der Waals surface area contributed by atoms with E-state index in [1.807, 2.05) is 36.5 Å². The highest BCUT2D eigenvalue weighted by atomic mass is 32.2. The van der Waals surface area contributed by atoms with Gasteiger partial charge in [0.05, 0.1) is 23.8 Å². The van der Waals surface area contributed by atoms with Gasteiger partial charge < -0.3 is 14.6 Å². The Kier molecular flexibility index (Phi) is 4.50. The van der Waals surface area contributed by atoms with Gasteiger partial charge in [-0.3, -0.25) is 4.79 Å². The first kappa shape index (κ1) is 19.0. The first-order valence-electron chi connectivity index (χ1n) is 9.75. The van der Waals surface area contributed by atoms with E-state index in [9.17, 15) is 13.2 Å². The number of aromatic nitrogens is 1. The van der Waals surface area contributed by atoms with Gasteiger partial charge in [0.25, 0.3) is 5.91 Å². The molecular formula is C22H21N3O4S. The zero-order valence-corrected chi connectivity index (χ0v) is 17.3. The van der Waals surface area contributed by atoms with Crippen molar-refractivity contribution in [1.82, 2.24) is 9.29 Å². The summed E-state index contributed by atoms with van der Waals surface area (Å²) in [6.45, 7) is 1.43. The van der Waals surface area contributed by atoms with Gasteiger partial charge in [-0.15, -0.1) is 0 Å². The lowest BCUT2D eigenvalue weighted by molar-refractivity contribution is -0.112. The Labute approximate surface area is 174 Å². The smallest absolute Gasteiger partial charge is 0.258 e. The number of H-pyrrole nitrogens is 1. The van der Waals surface area contributed by atoms with E-state index in [1.165, 1.54) is 4.31 Å². The van der Waals surface area contributed by atoms with Crippen LogP contribution in [0.15, 0.2) is 53.6 Å². The van der Waals surface area contributed by atoms with Crippen LogP contribution in [0, 0.1) is 0 Å². The molecule has 1 fully saturated rings. The molecule has 0 spiro atoms. The van der Waals surface area contributed by atoms with Crippen LogP contribution in [0.2, 0.25) is 0 Å². The maximum absolute atomic E-state index is 13.1. The summed E-state index contributed by atoms with van der Waals surface area (Å²) in [4.78, 5) is 17.9. The first-order valence-corrected chi connectivity index (χ1v) is 11.2. The maximum Gasteiger partial charge on any atom is 0.258 e. The van der Waals surface area contributed by atoms with Gasteiger partial charge in [-0.2, -0.15) is 4.31 Å². The van der Waals surface area contributed by atoms with Crippen LogP contribution in [0.5, 0.6) is 0 Å². The molecule has 1 aromatic heterocycles. The molecule has 1 N–H and O–H groups in total. The molecule has 3 heterocycles. The van der Waals surface area contributed by atoms with E-state index >= 15 is 0 Å². The number of hydrogen-bond donors (Lipinski definition) is 1. The molecule has 0 atom stereocenters. The van der Waals surface area contributed by atoms with Crippen molar-refractivity contribution in [3.63, 3.8) is 0 Å². The number of nitrogens with zero attached hydrogens (tertiary/aromatic N) is 2. The van der Waals surface area contributed by atoms with Crippen LogP contribution >= 0.6 is 0 Å². The van der Waals surface area contributed by atoms with E-state index < -0.39 is 10.0 Å². The molecule has 0 bridgehead atoms. The molecule has 0 saturated carbocycles. The van der Waals surface area contributed by atoms with Gasteiger partial charge in [-0.1, -0.05) is 18.2 Å². The van der Waals surface area contributed by atoms with Crippen LogP contribution < -0.4 is 4.90 Å².